The van der Waals surface area contributed by atoms with Crippen LogP contribution in [0.25, 0.3) is 0 Å². The summed E-state index contributed by atoms with van der Waals surface area (Å²) < 4.78 is 0. The van der Waals surface area contributed by atoms with Crippen LogP contribution >= 0.6 is 0 Å². The highest BCUT2D eigenvalue weighted by Gasteiger charge is 2.38. The molecular formula is C19H20N2O3. The fraction of sp³-hybridized carbons (Fsp3) is 0.263. The standard InChI is InChI=1S/C19H20N2O3/c1-20-18(22)12-17(19(20)23)24-21(13-15-8-4-2-5-9-15)14-16-10-6-3-7-11-16/h2-11,17H,12-14H2,1H3. The molecule has 1 saturated heterocycles. The lowest BCUT2D eigenvalue weighted by Gasteiger charge is -2.24. The van der Waals surface area contributed by atoms with E-state index < -0.39 is 6.10 Å². The molecule has 1 fully saturated rings. The average molecular weight is 324 g/mol. The minimum atomic E-state index is -0.741. The number of benzene rings is 2. The second kappa shape index (κ2) is 7.38. The molecule has 0 aliphatic carbocycles. The number of imide groups is 1. The SMILES string of the molecule is CN1C(=O)CC(ON(Cc2ccccc2)Cc2ccccc2)C1=O. The normalized spacial score (nSPS) is 17.8. The molecular weight excluding hydrogens is 304 g/mol. The molecule has 24 heavy (non-hydrogen) atoms. The first-order valence-corrected chi connectivity index (χ1v) is 7.93. The van der Waals surface area contributed by atoms with E-state index in [1.165, 1.54) is 7.05 Å². The number of likely N-dealkylation sites (tertiary alicyclic amines) is 1. The van der Waals surface area contributed by atoms with Gasteiger partial charge in [0.05, 0.1) is 6.42 Å². The molecule has 0 aromatic heterocycles. The Morgan fingerprint density at radius 3 is 1.88 bits per heavy atom. The molecule has 0 N–H and O–H groups in total. The molecule has 0 spiro atoms. The van der Waals surface area contributed by atoms with Gasteiger partial charge in [0, 0.05) is 20.1 Å². The molecule has 0 saturated carbocycles. The zero-order valence-electron chi connectivity index (χ0n) is 13.6. The minimum Gasteiger partial charge on any atom is -0.284 e. The van der Waals surface area contributed by atoms with Gasteiger partial charge in [-0.2, -0.15) is 5.06 Å². The number of amides is 2. The summed E-state index contributed by atoms with van der Waals surface area (Å²) in [6.07, 6.45) is -0.648. The van der Waals surface area contributed by atoms with Crippen molar-refractivity contribution in [3.05, 3.63) is 71.8 Å². The molecule has 5 nitrogen and oxygen atoms in total. The van der Waals surface area contributed by atoms with Crippen LogP contribution in [-0.2, 0) is 27.5 Å². The van der Waals surface area contributed by atoms with Gasteiger partial charge in [-0.25, -0.2) is 0 Å². The zero-order chi connectivity index (χ0) is 16.9. The number of nitrogens with zero attached hydrogens (tertiary/aromatic N) is 2. The minimum absolute atomic E-state index is 0.0927. The highest BCUT2D eigenvalue weighted by Crippen LogP contribution is 2.19. The maximum atomic E-state index is 12.1. The van der Waals surface area contributed by atoms with Crippen molar-refractivity contribution >= 4 is 11.8 Å². The van der Waals surface area contributed by atoms with E-state index in [-0.39, 0.29) is 18.2 Å². The third kappa shape index (κ3) is 3.88. The topological polar surface area (TPSA) is 49.9 Å². The Hall–Kier alpha value is -2.50. The van der Waals surface area contributed by atoms with Crippen LogP contribution in [0, 0.1) is 0 Å². The van der Waals surface area contributed by atoms with E-state index in [9.17, 15) is 9.59 Å². The molecule has 0 bridgehead atoms. The van der Waals surface area contributed by atoms with Crippen LogP contribution in [0.5, 0.6) is 0 Å². The predicted molar refractivity (Wildman–Crippen MR) is 89.4 cm³/mol. The van der Waals surface area contributed by atoms with Crippen LogP contribution in [0.3, 0.4) is 0 Å². The maximum absolute atomic E-state index is 12.1. The van der Waals surface area contributed by atoms with Gasteiger partial charge >= 0.3 is 0 Å². The van der Waals surface area contributed by atoms with Crippen LogP contribution in [-0.4, -0.2) is 34.9 Å². The van der Waals surface area contributed by atoms with Crippen LogP contribution < -0.4 is 0 Å². The largest absolute Gasteiger partial charge is 0.284 e. The van der Waals surface area contributed by atoms with E-state index in [2.05, 4.69) is 0 Å². The van der Waals surface area contributed by atoms with E-state index in [4.69, 9.17) is 4.84 Å². The van der Waals surface area contributed by atoms with Crippen LogP contribution in [0.15, 0.2) is 60.7 Å². The first-order valence-electron chi connectivity index (χ1n) is 7.93. The fourth-order valence-electron chi connectivity index (χ4n) is 2.69. The maximum Gasteiger partial charge on any atom is 0.260 e. The Morgan fingerprint density at radius 1 is 0.958 bits per heavy atom. The molecule has 124 valence electrons. The Balaban J connectivity index is 1.74. The Bertz CT molecular complexity index is 662. The second-order valence-corrected chi connectivity index (χ2v) is 5.86. The van der Waals surface area contributed by atoms with Gasteiger partial charge in [-0.05, 0) is 11.1 Å². The number of hydrogen-bond acceptors (Lipinski definition) is 4. The van der Waals surface area contributed by atoms with Crippen molar-refractivity contribution < 1.29 is 14.4 Å². The quantitative estimate of drug-likeness (QED) is 0.605. The lowest BCUT2D eigenvalue weighted by Crippen LogP contribution is -2.34. The smallest absolute Gasteiger partial charge is 0.260 e. The van der Waals surface area contributed by atoms with Crippen LogP contribution in [0.1, 0.15) is 17.5 Å². The molecule has 1 atom stereocenters. The Morgan fingerprint density at radius 2 is 1.46 bits per heavy atom. The van der Waals surface area contributed by atoms with Gasteiger partial charge in [0.15, 0.2) is 6.10 Å². The zero-order valence-corrected chi connectivity index (χ0v) is 13.6. The van der Waals surface area contributed by atoms with E-state index in [0.717, 1.165) is 16.0 Å². The monoisotopic (exact) mass is 324 g/mol. The summed E-state index contributed by atoms with van der Waals surface area (Å²) in [7, 11) is 1.49. The van der Waals surface area contributed by atoms with Gasteiger partial charge in [-0.15, -0.1) is 0 Å². The first-order chi connectivity index (χ1) is 11.6. The predicted octanol–water partition coefficient (Wildman–Crippen LogP) is 2.38. The van der Waals surface area contributed by atoms with Crippen molar-refractivity contribution in [3.63, 3.8) is 0 Å². The van der Waals surface area contributed by atoms with Gasteiger partial charge in [0.2, 0.25) is 5.91 Å². The van der Waals surface area contributed by atoms with Crippen LogP contribution in [0.2, 0.25) is 0 Å². The molecule has 1 aliphatic rings. The molecule has 2 aromatic carbocycles. The molecule has 1 aliphatic heterocycles. The van der Waals surface area contributed by atoms with Gasteiger partial charge in [0.1, 0.15) is 0 Å². The summed E-state index contributed by atoms with van der Waals surface area (Å²) in [5.74, 6) is -0.490. The Labute approximate surface area is 141 Å². The number of carbonyl (C=O) groups excluding carboxylic acids is 2. The van der Waals surface area contributed by atoms with Crippen LogP contribution in [0.4, 0.5) is 0 Å². The molecule has 1 heterocycles. The van der Waals surface area contributed by atoms with E-state index in [1.54, 1.807) is 5.06 Å². The average Bonchev–Trinajstić information content (AvgIpc) is 2.84. The van der Waals surface area contributed by atoms with Gasteiger partial charge in [-0.1, -0.05) is 60.7 Å². The summed E-state index contributed by atoms with van der Waals surface area (Å²) in [5, 5.41) is 1.75. The van der Waals surface area contributed by atoms with Gasteiger partial charge in [0.25, 0.3) is 5.91 Å². The molecule has 2 aromatic rings. The summed E-state index contributed by atoms with van der Waals surface area (Å²) in [4.78, 5) is 30.8. The third-order valence-corrected chi connectivity index (χ3v) is 4.02. The van der Waals surface area contributed by atoms with E-state index >= 15 is 0 Å². The highest BCUT2D eigenvalue weighted by atomic mass is 16.7. The summed E-state index contributed by atoms with van der Waals surface area (Å²) in [5.41, 5.74) is 2.16. The second-order valence-electron chi connectivity index (χ2n) is 5.86. The fourth-order valence-corrected chi connectivity index (χ4v) is 2.69. The van der Waals surface area contributed by atoms with Gasteiger partial charge in [-0.3, -0.25) is 19.3 Å². The Kier molecular flexibility index (Phi) is 5.03. The number of hydrogen-bond donors (Lipinski definition) is 0. The number of likely N-dealkylation sites (N-methyl/N-ethyl adjacent to an activating group) is 1. The lowest BCUT2D eigenvalue weighted by atomic mass is 10.2. The first kappa shape index (κ1) is 16.4. The summed E-state index contributed by atoms with van der Waals surface area (Å²) in [6.45, 7) is 1.08. The van der Waals surface area contributed by atoms with Crippen molar-refractivity contribution in [2.45, 2.75) is 25.6 Å². The lowest BCUT2D eigenvalue weighted by molar-refractivity contribution is -0.209. The third-order valence-electron chi connectivity index (χ3n) is 4.02. The number of carbonyl (C=O) groups is 2. The van der Waals surface area contributed by atoms with Crippen molar-refractivity contribution in [1.29, 1.82) is 0 Å². The van der Waals surface area contributed by atoms with Crippen molar-refractivity contribution in [2.75, 3.05) is 7.05 Å². The van der Waals surface area contributed by atoms with Crippen molar-refractivity contribution in [3.8, 4) is 0 Å². The van der Waals surface area contributed by atoms with E-state index in [0.29, 0.717) is 13.1 Å². The summed E-state index contributed by atoms with van der Waals surface area (Å²) >= 11 is 0. The summed E-state index contributed by atoms with van der Waals surface area (Å²) in [6, 6.07) is 19.8. The molecule has 1 unspecified atom stereocenters. The number of hydroxylamine groups is 2. The molecule has 2 amide bonds. The van der Waals surface area contributed by atoms with Gasteiger partial charge < -0.3 is 0 Å². The van der Waals surface area contributed by atoms with Crippen molar-refractivity contribution in [1.82, 2.24) is 9.96 Å². The molecule has 0 radical (unpaired) electrons. The van der Waals surface area contributed by atoms with E-state index in [1.807, 2.05) is 60.7 Å². The highest BCUT2D eigenvalue weighted by molar-refractivity contribution is 6.04. The number of rotatable bonds is 6. The van der Waals surface area contributed by atoms with Crippen molar-refractivity contribution in [2.24, 2.45) is 0 Å². The molecule has 3 rings (SSSR count). The molecule has 5 heteroatoms.